The van der Waals surface area contributed by atoms with Crippen molar-refractivity contribution >= 4 is 0 Å². The lowest BCUT2D eigenvalue weighted by Gasteiger charge is -2.50. The van der Waals surface area contributed by atoms with Gasteiger partial charge in [0, 0.05) is 5.92 Å². The molecule has 30 nitrogen and oxygen atoms in total. The van der Waals surface area contributed by atoms with Crippen molar-refractivity contribution in [1.29, 1.82) is 0 Å². The quantitative estimate of drug-likeness (QED) is 0.0572. The molecule has 16 N–H and O–H groups in total. The van der Waals surface area contributed by atoms with Crippen LogP contribution in [0.3, 0.4) is 0 Å². The molecular formula is C50H92O30. The zero-order chi connectivity index (χ0) is 59.0. The van der Waals surface area contributed by atoms with Crippen LogP contribution in [0.5, 0.6) is 0 Å². The summed E-state index contributed by atoms with van der Waals surface area (Å²) in [6.45, 7) is 11.7. The van der Waals surface area contributed by atoms with Crippen LogP contribution in [0, 0.1) is 5.92 Å². The second kappa shape index (κ2) is 28.5. The SMILES string of the molecule is C.CC1C(O)C(OC2C(CO)OC(OCC3OC(OC4C(CO)OC(OC(C)(C)C)C(O)C4O)C(O)C(O)C3OC3OC(CO)C(OC(C)(C)C)C(O)C3O)C(O)C2O)OC(CO)C1OC1OC(CO)C(OC(C)(C)C)C(O)C1O. The highest BCUT2D eigenvalue weighted by molar-refractivity contribution is 5.00. The highest BCUT2D eigenvalue weighted by Gasteiger charge is 2.57. The van der Waals surface area contributed by atoms with Gasteiger partial charge in [-0.15, -0.1) is 0 Å². The first-order valence-electron chi connectivity index (χ1n) is 26.5. The van der Waals surface area contributed by atoms with Gasteiger partial charge in [0.15, 0.2) is 37.7 Å². The molecule has 30 atom stereocenters. The van der Waals surface area contributed by atoms with Gasteiger partial charge in [0.1, 0.15) is 134 Å². The van der Waals surface area contributed by atoms with E-state index < -0.39 is 240 Å². The van der Waals surface area contributed by atoms with Crippen LogP contribution in [0.25, 0.3) is 0 Å². The third kappa shape index (κ3) is 16.2. The highest BCUT2D eigenvalue weighted by atomic mass is 16.8. The predicted octanol–water partition coefficient (Wildman–Crippen LogP) is -6.72. The number of aliphatic hydroxyl groups is 16. The number of hydrogen-bond acceptors (Lipinski definition) is 30. The predicted molar refractivity (Wildman–Crippen MR) is 265 cm³/mol. The molecule has 0 radical (unpaired) electrons. The molecule has 30 heteroatoms. The average molecular weight is 1170 g/mol. The maximum atomic E-state index is 11.7. The standard InChI is InChI=1S/C49H88O30.CH4/c1-17-24(55)42(68-18(11-50)35(17)73-43-32(63)28(59)39(21(14-53)69-43)77-47(2,3)4)74-36-19(12-51)67-41(30(61)25(36)56)66-16-23-38(76-44-33(64)29(60)40(22(15-54)70-44)78-48(5,6)7)26(57)31(62)45(72-23)75-37-20(13-52)71-46(34(65)27(37)58)79-49(8,9)10;/h17-46,50-65H,11-16H2,1-10H3;1H4. The van der Waals surface area contributed by atoms with Crippen molar-refractivity contribution in [2.24, 2.45) is 5.92 Å². The van der Waals surface area contributed by atoms with Crippen molar-refractivity contribution in [1.82, 2.24) is 0 Å². The van der Waals surface area contributed by atoms with Gasteiger partial charge >= 0.3 is 0 Å². The smallest absolute Gasteiger partial charge is 0.187 e. The summed E-state index contributed by atoms with van der Waals surface area (Å²) in [5.41, 5.74) is -2.61. The number of ether oxygens (including phenoxy) is 14. The normalized spacial score (nSPS) is 47.2. The van der Waals surface area contributed by atoms with Crippen LogP contribution < -0.4 is 0 Å². The van der Waals surface area contributed by atoms with Crippen molar-refractivity contribution in [3.05, 3.63) is 0 Å². The van der Waals surface area contributed by atoms with Crippen LogP contribution in [0.2, 0.25) is 0 Å². The minimum atomic E-state index is -2.12. The molecule has 0 aromatic heterocycles. The fourth-order valence-electron chi connectivity index (χ4n) is 10.2. The van der Waals surface area contributed by atoms with E-state index in [0.717, 1.165) is 0 Å². The van der Waals surface area contributed by atoms with Crippen molar-refractivity contribution < 1.29 is 148 Å². The summed E-state index contributed by atoms with van der Waals surface area (Å²) in [5, 5.41) is 176. The second-order valence-electron chi connectivity index (χ2n) is 23.8. The summed E-state index contributed by atoms with van der Waals surface area (Å²) < 4.78 is 82.3. The molecule has 0 amide bonds. The molecule has 0 spiro atoms. The zero-order valence-corrected chi connectivity index (χ0v) is 45.9. The molecule has 30 unspecified atom stereocenters. The van der Waals surface area contributed by atoms with Gasteiger partial charge in [0.25, 0.3) is 0 Å². The Morgan fingerprint density at radius 2 is 0.550 bits per heavy atom. The van der Waals surface area contributed by atoms with Crippen LogP contribution in [-0.2, 0) is 66.3 Å². The summed E-state index contributed by atoms with van der Waals surface area (Å²) in [7, 11) is 0. The summed E-state index contributed by atoms with van der Waals surface area (Å²) in [6.07, 6.45) is -48.8. The number of hydrogen-bond donors (Lipinski definition) is 16. The molecule has 6 aliphatic rings. The fraction of sp³-hybridized carbons (Fsp3) is 1.00. The van der Waals surface area contributed by atoms with E-state index in [0.29, 0.717) is 0 Å². The Labute approximate surface area is 464 Å². The molecule has 6 aliphatic heterocycles. The monoisotopic (exact) mass is 1170 g/mol. The zero-order valence-electron chi connectivity index (χ0n) is 45.9. The van der Waals surface area contributed by atoms with Gasteiger partial charge in [0.2, 0.25) is 0 Å². The Morgan fingerprint density at radius 3 is 0.912 bits per heavy atom. The molecule has 0 saturated carbocycles. The largest absolute Gasteiger partial charge is 0.394 e. The van der Waals surface area contributed by atoms with Crippen LogP contribution >= 0.6 is 0 Å². The van der Waals surface area contributed by atoms with E-state index in [4.69, 9.17) is 66.3 Å². The first-order valence-corrected chi connectivity index (χ1v) is 26.5. The lowest BCUT2D eigenvalue weighted by atomic mass is 9.90. The second-order valence-corrected chi connectivity index (χ2v) is 23.8. The van der Waals surface area contributed by atoms with Gasteiger partial charge in [-0.3, -0.25) is 0 Å². The maximum Gasteiger partial charge on any atom is 0.187 e. The van der Waals surface area contributed by atoms with Crippen LogP contribution in [0.15, 0.2) is 0 Å². The maximum absolute atomic E-state index is 11.7. The van der Waals surface area contributed by atoms with Gasteiger partial charge in [-0.05, 0) is 62.3 Å². The van der Waals surface area contributed by atoms with E-state index >= 15 is 0 Å². The van der Waals surface area contributed by atoms with E-state index in [1.807, 2.05) is 0 Å². The van der Waals surface area contributed by atoms with Crippen LogP contribution in [0.4, 0.5) is 0 Å². The minimum absolute atomic E-state index is 0. The van der Waals surface area contributed by atoms with Crippen LogP contribution in [0.1, 0.15) is 76.7 Å². The van der Waals surface area contributed by atoms with Gasteiger partial charge < -0.3 is 148 Å². The molecule has 0 aliphatic carbocycles. The number of rotatable bonds is 19. The van der Waals surface area contributed by atoms with Crippen LogP contribution in [-0.4, -0.2) is 316 Å². The molecule has 0 aromatic rings. The summed E-state index contributed by atoms with van der Waals surface area (Å²) in [4.78, 5) is 0. The van der Waals surface area contributed by atoms with E-state index in [1.165, 1.54) is 6.92 Å². The third-order valence-electron chi connectivity index (χ3n) is 14.2. The molecule has 6 fully saturated rings. The molecule has 80 heavy (non-hydrogen) atoms. The number of aliphatic hydroxyl groups excluding tert-OH is 16. The summed E-state index contributed by atoms with van der Waals surface area (Å²) in [6, 6.07) is 0. The van der Waals surface area contributed by atoms with E-state index in [9.17, 15) is 81.7 Å². The Kier molecular flexibility index (Phi) is 24.8. The van der Waals surface area contributed by atoms with Crippen molar-refractivity contribution in [2.75, 3.05) is 39.6 Å². The van der Waals surface area contributed by atoms with Crippen molar-refractivity contribution in [3.63, 3.8) is 0 Å². The van der Waals surface area contributed by atoms with E-state index in [2.05, 4.69) is 0 Å². The molecule has 6 saturated heterocycles. The topological polar surface area (TPSA) is 453 Å². The highest BCUT2D eigenvalue weighted by Crippen LogP contribution is 2.39. The van der Waals surface area contributed by atoms with Gasteiger partial charge in [-0.1, -0.05) is 14.4 Å². The molecule has 6 rings (SSSR count). The molecule has 0 bridgehead atoms. The van der Waals surface area contributed by atoms with Gasteiger partial charge in [-0.2, -0.15) is 0 Å². The first kappa shape index (κ1) is 69.6. The Morgan fingerprint density at radius 1 is 0.300 bits per heavy atom. The van der Waals surface area contributed by atoms with E-state index in [-0.39, 0.29) is 7.43 Å². The molecular weight excluding hydrogens is 1080 g/mol. The lowest BCUT2D eigenvalue weighted by molar-refractivity contribution is -0.391. The van der Waals surface area contributed by atoms with Gasteiger partial charge in [0.05, 0.1) is 62.5 Å². The van der Waals surface area contributed by atoms with Crippen molar-refractivity contribution in [3.8, 4) is 0 Å². The molecule has 472 valence electrons. The molecule has 6 heterocycles. The summed E-state index contributed by atoms with van der Waals surface area (Å²) >= 11 is 0. The minimum Gasteiger partial charge on any atom is -0.394 e. The first-order chi connectivity index (χ1) is 36.8. The average Bonchev–Trinajstić information content (AvgIpc) is 3.37. The third-order valence-corrected chi connectivity index (χ3v) is 14.2. The Hall–Kier alpha value is -1.20. The lowest BCUT2D eigenvalue weighted by Crippen LogP contribution is -2.67. The van der Waals surface area contributed by atoms with Gasteiger partial charge in [-0.25, -0.2) is 0 Å². The van der Waals surface area contributed by atoms with E-state index in [1.54, 1.807) is 62.3 Å². The Balaban J connectivity index is 0.0000118. The van der Waals surface area contributed by atoms with Crippen molar-refractivity contribution in [2.45, 2.75) is 272 Å². The summed E-state index contributed by atoms with van der Waals surface area (Å²) in [5.74, 6) is -1.04. The molecule has 0 aromatic carbocycles. The Bertz CT molecular complexity index is 1830. The fourth-order valence-corrected chi connectivity index (χ4v) is 10.2.